The summed E-state index contributed by atoms with van der Waals surface area (Å²) >= 11 is 0. The zero-order chi connectivity index (χ0) is 22.6. The Hall–Kier alpha value is -3.59. The molecule has 0 unspecified atom stereocenters. The molecule has 0 spiro atoms. The van der Waals surface area contributed by atoms with Crippen molar-refractivity contribution in [3.05, 3.63) is 65.2 Å². The van der Waals surface area contributed by atoms with Crippen LogP contribution in [0.3, 0.4) is 0 Å². The molecule has 0 radical (unpaired) electrons. The molecule has 0 fully saturated rings. The molecule has 2 rings (SSSR count). The number of nitriles is 1. The number of ether oxygens (including phenoxy) is 2. The second kappa shape index (κ2) is 12.2. The lowest BCUT2D eigenvalue weighted by atomic mass is 10.1. The first-order chi connectivity index (χ1) is 14.9. The van der Waals surface area contributed by atoms with Gasteiger partial charge in [0.2, 0.25) is 0 Å². The number of rotatable bonds is 10. The lowest BCUT2D eigenvalue weighted by Crippen LogP contribution is -2.14. The Bertz CT molecular complexity index is 939. The quantitative estimate of drug-likeness (QED) is 0.246. The van der Waals surface area contributed by atoms with Crippen LogP contribution >= 0.6 is 0 Å². The molecule has 1 amide bonds. The molecule has 31 heavy (non-hydrogen) atoms. The smallest absolute Gasteiger partial charge is 0.338 e. The van der Waals surface area contributed by atoms with E-state index in [4.69, 9.17) is 9.47 Å². The van der Waals surface area contributed by atoms with Gasteiger partial charge in [0.15, 0.2) is 0 Å². The first-order valence-corrected chi connectivity index (χ1v) is 10.4. The summed E-state index contributed by atoms with van der Waals surface area (Å²) in [6, 6.07) is 15.5. The largest absolute Gasteiger partial charge is 0.494 e. The molecule has 0 aliphatic carbocycles. The molecule has 162 valence electrons. The molecule has 0 saturated heterocycles. The number of hydrogen-bond donors (Lipinski definition) is 1. The topological polar surface area (TPSA) is 88.4 Å². The van der Waals surface area contributed by atoms with Crippen LogP contribution in [0.25, 0.3) is 6.08 Å². The molecule has 2 aromatic rings. The number of amides is 1. The van der Waals surface area contributed by atoms with E-state index in [1.54, 1.807) is 36.4 Å². The first kappa shape index (κ1) is 23.7. The summed E-state index contributed by atoms with van der Waals surface area (Å²) in [6.45, 7) is 7.02. The molecule has 0 aliphatic heterocycles. The molecule has 6 nitrogen and oxygen atoms in total. The van der Waals surface area contributed by atoms with Crippen molar-refractivity contribution < 1.29 is 19.1 Å². The van der Waals surface area contributed by atoms with Crippen molar-refractivity contribution in [2.45, 2.75) is 33.6 Å². The fourth-order valence-corrected chi connectivity index (χ4v) is 2.52. The van der Waals surface area contributed by atoms with Crippen molar-refractivity contribution in [1.82, 2.24) is 0 Å². The number of nitrogens with zero attached hydrogens (tertiary/aromatic N) is 1. The van der Waals surface area contributed by atoms with Crippen LogP contribution in [0.5, 0.6) is 5.75 Å². The Morgan fingerprint density at radius 2 is 1.77 bits per heavy atom. The SMILES string of the molecule is CCCCOc1ccc(/C=C(\C#N)C(=O)Nc2ccc(C(=O)OCC(C)C)cc2)cc1. The van der Waals surface area contributed by atoms with Crippen LogP contribution < -0.4 is 10.1 Å². The highest BCUT2D eigenvalue weighted by atomic mass is 16.5. The van der Waals surface area contributed by atoms with Gasteiger partial charge >= 0.3 is 5.97 Å². The van der Waals surface area contributed by atoms with Gasteiger partial charge in [-0.1, -0.05) is 39.3 Å². The van der Waals surface area contributed by atoms with Gasteiger partial charge in [-0.2, -0.15) is 5.26 Å². The Morgan fingerprint density at radius 1 is 1.10 bits per heavy atom. The summed E-state index contributed by atoms with van der Waals surface area (Å²) in [5.74, 6) is 0.0660. The molecule has 0 heterocycles. The highest BCUT2D eigenvalue weighted by Crippen LogP contribution is 2.17. The molecule has 0 aliphatic rings. The van der Waals surface area contributed by atoms with E-state index in [1.807, 2.05) is 32.0 Å². The van der Waals surface area contributed by atoms with Crippen molar-refractivity contribution >= 4 is 23.6 Å². The van der Waals surface area contributed by atoms with Crippen LogP contribution in [-0.4, -0.2) is 25.1 Å². The van der Waals surface area contributed by atoms with Gasteiger partial charge in [-0.3, -0.25) is 4.79 Å². The van der Waals surface area contributed by atoms with E-state index in [0.29, 0.717) is 24.5 Å². The Balaban J connectivity index is 1.99. The number of unbranched alkanes of at least 4 members (excludes halogenated alkanes) is 1. The summed E-state index contributed by atoms with van der Waals surface area (Å²) in [4.78, 5) is 24.4. The molecule has 0 bridgehead atoms. The van der Waals surface area contributed by atoms with E-state index >= 15 is 0 Å². The predicted octanol–water partition coefficient (Wildman–Crippen LogP) is 5.22. The zero-order valence-electron chi connectivity index (χ0n) is 18.2. The minimum Gasteiger partial charge on any atom is -0.494 e. The van der Waals surface area contributed by atoms with Gasteiger partial charge in [-0.15, -0.1) is 0 Å². The van der Waals surface area contributed by atoms with Gasteiger partial charge < -0.3 is 14.8 Å². The number of anilines is 1. The average Bonchev–Trinajstić information content (AvgIpc) is 2.77. The Kier molecular flexibility index (Phi) is 9.31. The van der Waals surface area contributed by atoms with Crippen molar-refractivity contribution in [3.63, 3.8) is 0 Å². The van der Waals surface area contributed by atoms with Crippen LogP contribution in [0.1, 0.15) is 49.5 Å². The number of carbonyl (C=O) groups is 2. The van der Waals surface area contributed by atoms with Gasteiger partial charge in [0.25, 0.3) is 5.91 Å². The molecular formula is C25H28N2O4. The lowest BCUT2D eigenvalue weighted by molar-refractivity contribution is -0.112. The van der Waals surface area contributed by atoms with E-state index < -0.39 is 11.9 Å². The molecule has 2 aromatic carbocycles. The number of benzene rings is 2. The van der Waals surface area contributed by atoms with Crippen LogP contribution in [0, 0.1) is 17.2 Å². The summed E-state index contributed by atoms with van der Waals surface area (Å²) in [6.07, 6.45) is 3.57. The Labute approximate surface area is 183 Å². The zero-order valence-corrected chi connectivity index (χ0v) is 18.2. The summed E-state index contributed by atoms with van der Waals surface area (Å²) in [5, 5.41) is 12.1. The average molecular weight is 421 g/mol. The molecular weight excluding hydrogens is 392 g/mol. The minimum absolute atomic E-state index is 0.0277. The highest BCUT2D eigenvalue weighted by Gasteiger charge is 2.12. The van der Waals surface area contributed by atoms with Crippen LogP contribution in [0.4, 0.5) is 5.69 Å². The van der Waals surface area contributed by atoms with Crippen LogP contribution in [-0.2, 0) is 9.53 Å². The van der Waals surface area contributed by atoms with Gasteiger partial charge in [-0.25, -0.2) is 4.79 Å². The van der Waals surface area contributed by atoms with Gasteiger partial charge in [0, 0.05) is 5.69 Å². The van der Waals surface area contributed by atoms with E-state index in [0.717, 1.165) is 24.2 Å². The third-order valence-corrected chi connectivity index (χ3v) is 4.25. The maximum atomic E-state index is 12.5. The second-order valence-electron chi connectivity index (χ2n) is 7.46. The number of nitrogens with one attached hydrogen (secondary N) is 1. The van der Waals surface area contributed by atoms with Crippen molar-refractivity contribution in [3.8, 4) is 11.8 Å². The van der Waals surface area contributed by atoms with Crippen LogP contribution in [0.2, 0.25) is 0 Å². The van der Waals surface area contributed by atoms with Crippen molar-refractivity contribution in [2.24, 2.45) is 5.92 Å². The fraction of sp³-hybridized carbons (Fsp3) is 0.320. The third kappa shape index (κ3) is 7.98. The van der Waals surface area contributed by atoms with E-state index in [9.17, 15) is 14.9 Å². The van der Waals surface area contributed by atoms with Gasteiger partial charge in [0.1, 0.15) is 17.4 Å². The minimum atomic E-state index is -0.527. The maximum absolute atomic E-state index is 12.5. The first-order valence-electron chi connectivity index (χ1n) is 10.4. The molecule has 1 N–H and O–H groups in total. The third-order valence-electron chi connectivity index (χ3n) is 4.25. The van der Waals surface area contributed by atoms with Crippen molar-refractivity contribution in [1.29, 1.82) is 5.26 Å². The maximum Gasteiger partial charge on any atom is 0.338 e. The van der Waals surface area contributed by atoms with E-state index in [-0.39, 0.29) is 11.5 Å². The lowest BCUT2D eigenvalue weighted by Gasteiger charge is -2.08. The molecule has 0 aromatic heterocycles. The Morgan fingerprint density at radius 3 is 2.35 bits per heavy atom. The van der Waals surface area contributed by atoms with E-state index in [2.05, 4.69) is 12.2 Å². The molecule has 6 heteroatoms. The predicted molar refractivity (Wildman–Crippen MR) is 121 cm³/mol. The monoisotopic (exact) mass is 420 g/mol. The summed E-state index contributed by atoms with van der Waals surface area (Å²) in [7, 11) is 0. The van der Waals surface area contributed by atoms with E-state index in [1.165, 1.54) is 6.08 Å². The number of esters is 1. The molecule has 0 atom stereocenters. The summed E-state index contributed by atoms with van der Waals surface area (Å²) in [5.41, 5.74) is 1.57. The fourth-order valence-electron chi connectivity index (χ4n) is 2.52. The highest BCUT2D eigenvalue weighted by molar-refractivity contribution is 6.09. The van der Waals surface area contributed by atoms with Gasteiger partial charge in [0.05, 0.1) is 18.8 Å². The number of hydrogen-bond acceptors (Lipinski definition) is 5. The number of carbonyl (C=O) groups excluding carboxylic acids is 2. The summed E-state index contributed by atoms with van der Waals surface area (Å²) < 4.78 is 10.8. The van der Waals surface area contributed by atoms with Crippen LogP contribution in [0.15, 0.2) is 54.1 Å². The normalized spacial score (nSPS) is 11.0. The standard InChI is InChI=1S/C25H28N2O4/c1-4-5-14-30-23-12-6-19(7-13-23)15-21(16-26)24(28)27-22-10-8-20(9-11-22)25(29)31-17-18(2)3/h6-13,15,18H,4-5,14,17H2,1-3H3,(H,27,28)/b21-15+. The van der Waals surface area contributed by atoms with Gasteiger partial charge in [-0.05, 0) is 60.4 Å². The second-order valence-corrected chi connectivity index (χ2v) is 7.46. The van der Waals surface area contributed by atoms with Crippen molar-refractivity contribution in [2.75, 3.05) is 18.5 Å². The molecule has 0 saturated carbocycles.